The second kappa shape index (κ2) is 7.42. The van der Waals surface area contributed by atoms with Crippen LogP contribution in [0.15, 0.2) is 24.3 Å². The molecule has 0 unspecified atom stereocenters. The van der Waals surface area contributed by atoms with Crippen LogP contribution >= 0.6 is 0 Å². The monoisotopic (exact) mass is 398 g/mol. The molecule has 8 heteroatoms. The maximum absolute atomic E-state index is 12.6. The Labute approximate surface area is 169 Å². The molecule has 0 aliphatic carbocycles. The van der Waals surface area contributed by atoms with Gasteiger partial charge >= 0.3 is 0 Å². The molecule has 1 aromatic carbocycles. The Morgan fingerprint density at radius 3 is 2.79 bits per heavy atom. The number of carbonyl (C=O) groups excluding carboxylic acids is 2. The lowest BCUT2D eigenvalue weighted by Crippen LogP contribution is -2.40. The first-order valence-electron chi connectivity index (χ1n) is 9.89. The molecule has 0 spiro atoms. The number of amides is 2. The van der Waals surface area contributed by atoms with Crippen molar-refractivity contribution < 1.29 is 19.1 Å². The average molecular weight is 398 g/mol. The van der Waals surface area contributed by atoms with Gasteiger partial charge in [0.2, 0.25) is 0 Å². The van der Waals surface area contributed by atoms with Gasteiger partial charge in [-0.3, -0.25) is 14.7 Å². The molecule has 2 aliphatic heterocycles. The summed E-state index contributed by atoms with van der Waals surface area (Å²) < 4.78 is 11.8. The third-order valence-corrected chi connectivity index (χ3v) is 5.54. The van der Waals surface area contributed by atoms with Crippen molar-refractivity contribution in [1.29, 1.82) is 0 Å². The summed E-state index contributed by atoms with van der Waals surface area (Å²) in [5.41, 5.74) is 7.24. The third-order valence-electron chi connectivity index (χ3n) is 5.54. The number of nitrogens with two attached hydrogens (primary N) is 1. The molecule has 3 N–H and O–H groups in total. The number of benzene rings is 1. The van der Waals surface area contributed by atoms with E-state index in [1.165, 1.54) is 0 Å². The number of aromatic amines is 1. The highest BCUT2D eigenvalue weighted by Crippen LogP contribution is 2.41. The van der Waals surface area contributed by atoms with Crippen LogP contribution in [0.5, 0.6) is 11.5 Å². The van der Waals surface area contributed by atoms with Crippen LogP contribution in [-0.2, 0) is 11.2 Å². The van der Waals surface area contributed by atoms with E-state index in [2.05, 4.69) is 10.2 Å². The molecule has 1 saturated heterocycles. The Morgan fingerprint density at radius 2 is 2.10 bits per heavy atom. The molecule has 0 atom stereocenters. The Balaban J connectivity index is 1.31. The summed E-state index contributed by atoms with van der Waals surface area (Å²) in [6.07, 6.45) is 2.42. The summed E-state index contributed by atoms with van der Waals surface area (Å²) in [4.78, 5) is 25.6. The lowest BCUT2D eigenvalue weighted by atomic mass is 9.93. The predicted octanol–water partition coefficient (Wildman–Crippen LogP) is 2.01. The fourth-order valence-electron chi connectivity index (χ4n) is 4.04. The van der Waals surface area contributed by atoms with Gasteiger partial charge in [-0.15, -0.1) is 0 Å². The number of hydrogen-bond acceptors (Lipinski definition) is 5. The van der Waals surface area contributed by atoms with E-state index in [-0.39, 0.29) is 29.7 Å². The van der Waals surface area contributed by atoms with E-state index in [0.717, 1.165) is 36.3 Å². The highest BCUT2D eigenvalue weighted by Gasteiger charge is 2.32. The number of hydrogen-bond donors (Lipinski definition) is 2. The lowest BCUT2D eigenvalue weighted by Gasteiger charge is -2.31. The van der Waals surface area contributed by atoms with Crippen molar-refractivity contribution in [2.24, 2.45) is 5.73 Å². The van der Waals surface area contributed by atoms with Crippen molar-refractivity contribution in [3.63, 3.8) is 0 Å². The van der Waals surface area contributed by atoms with Crippen LogP contribution in [0.25, 0.3) is 0 Å². The van der Waals surface area contributed by atoms with Gasteiger partial charge in [0, 0.05) is 36.7 Å². The van der Waals surface area contributed by atoms with Gasteiger partial charge in [-0.2, -0.15) is 5.10 Å². The molecule has 3 heterocycles. The number of para-hydroxylation sites is 1. The van der Waals surface area contributed by atoms with E-state index in [4.69, 9.17) is 15.2 Å². The average Bonchev–Trinajstić information content (AvgIpc) is 3.29. The maximum atomic E-state index is 12.6. The molecule has 29 heavy (non-hydrogen) atoms. The molecular weight excluding hydrogens is 372 g/mol. The molecule has 4 rings (SSSR count). The highest BCUT2D eigenvalue weighted by atomic mass is 16.5. The number of likely N-dealkylation sites (tertiary alicyclic amines) is 1. The number of aromatic nitrogens is 2. The first kappa shape index (κ1) is 19.3. The van der Waals surface area contributed by atoms with Crippen LogP contribution in [0.4, 0.5) is 0 Å². The summed E-state index contributed by atoms with van der Waals surface area (Å²) in [6.45, 7) is 5.33. The molecular formula is C21H26N4O4. The van der Waals surface area contributed by atoms with Crippen LogP contribution < -0.4 is 15.2 Å². The summed E-state index contributed by atoms with van der Waals surface area (Å²) in [5, 5.41) is 6.82. The Hall–Kier alpha value is -3.03. The Morgan fingerprint density at radius 1 is 1.34 bits per heavy atom. The molecule has 1 fully saturated rings. The SMILES string of the molecule is CC1(C)Cc2cccc(OCC(=O)N3CCC(c4cc(C(N)=O)n[nH]4)CC3)c2O1. The summed E-state index contributed by atoms with van der Waals surface area (Å²) >= 11 is 0. The van der Waals surface area contributed by atoms with E-state index in [9.17, 15) is 9.59 Å². The Bertz CT molecular complexity index is 929. The van der Waals surface area contributed by atoms with Gasteiger partial charge in [0.05, 0.1) is 0 Å². The smallest absolute Gasteiger partial charge is 0.269 e. The number of ether oxygens (including phenoxy) is 2. The predicted molar refractivity (Wildman–Crippen MR) is 106 cm³/mol. The van der Waals surface area contributed by atoms with E-state index in [1.54, 1.807) is 6.07 Å². The zero-order valence-electron chi connectivity index (χ0n) is 16.7. The van der Waals surface area contributed by atoms with E-state index < -0.39 is 5.91 Å². The normalized spacial score (nSPS) is 18.2. The molecule has 0 radical (unpaired) electrons. The van der Waals surface area contributed by atoms with Crippen molar-refractivity contribution in [1.82, 2.24) is 15.1 Å². The largest absolute Gasteiger partial charge is 0.483 e. The molecule has 8 nitrogen and oxygen atoms in total. The van der Waals surface area contributed by atoms with Gasteiger partial charge in [-0.05, 0) is 38.8 Å². The summed E-state index contributed by atoms with van der Waals surface area (Å²) in [7, 11) is 0. The topological polar surface area (TPSA) is 111 Å². The van der Waals surface area contributed by atoms with E-state index in [0.29, 0.717) is 18.8 Å². The molecule has 2 aliphatic rings. The standard InChI is InChI=1S/C21H26N4O4/c1-21(2)11-14-4-3-5-17(19(14)29-21)28-12-18(26)25-8-6-13(7-9-25)15-10-16(20(22)27)24-23-15/h3-5,10,13H,6-9,11-12H2,1-2H3,(H2,22,27)(H,23,24). The number of fused-ring (bicyclic) bond motifs is 1. The summed E-state index contributed by atoms with van der Waals surface area (Å²) in [5.74, 6) is 1.01. The van der Waals surface area contributed by atoms with Crippen LogP contribution in [0.2, 0.25) is 0 Å². The van der Waals surface area contributed by atoms with Gasteiger partial charge in [-0.1, -0.05) is 12.1 Å². The number of rotatable bonds is 5. The number of carbonyl (C=O) groups is 2. The van der Waals surface area contributed by atoms with Crippen molar-refractivity contribution in [2.75, 3.05) is 19.7 Å². The molecule has 1 aromatic heterocycles. The number of nitrogens with one attached hydrogen (secondary N) is 1. The minimum Gasteiger partial charge on any atom is -0.483 e. The van der Waals surface area contributed by atoms with Gasteiger partial charge in [0.25, 0.3) is 11.8 Å². The zero-order valence-corrected chi connectivity index (χ0v) is 16.7. The lowest BCUT2D eigenvalue weighted by molar-refractivity contribution is -0.134. The van der Waals surface area contributed by atoms with Crippen LogP contribution in [-0.4, -0.2) is 52.2 Å². The fourth-order valence-corrected chi connectivity index (χ4v) is 4.04. The molecule has 0 bridgehead atoms. The van der Waals surface area contributed by atoms with Crippen molar-refractivity contribution in [2.45, 2.75) is 44.6 Å². The van der Waals surface area contributed by atoms with Gasteiger partial charge in [0.1, 0.15) is 11.3 Å². The van der Waals surface area contributed by atoms with Crippen molar-refractivity contribution in [3.05, 3.63) is 41.2 Å². The maximum Gasteiger partial charge on any atom is 0.269 e. The molecule has 2 aromatic rings. The van der Waals surface area contributed by atoms with Crippen LogP contribution in [0.1, 0.15) is 54.4 Å². The second-order valence-corrected chi connectivity index (χ2v) is 8.30. The first-order valence-corrected chi connectivity index (χ1v) is 9.89. The second-order valence-electron chi connectivity index (χ2n) is 8.30. The highest BCUT2D eigenvalue weighted by molar-refractivity contribution is 5.90. The van der Waals surface area contributed by atoms with Crippen molar-refractivity contribution in [3.8, 4) is 11.5 Å². The first-order chi connectivity index (χ1) is 13.8. The molecule has 0 saturated carbocycles. The van der Waals surface area contributed by atoms with E-state index >= 15 is 0 Å². The number of piperidine rings is 1. The van der Waals surface area contributed by atoms with Crippen LogP contribution in [0.3, 0.4) is 0 Å². The molecule has 2 amide bonds. The van der Waals surface area contributed by atoms with E-state index in [1.807, 2.05) is 36.9 Å². The number of primary amides is 1. The molecule has 154 valence electrons. The van der Waals surface area contributed by atoms with Gasteiger partial charge in [-0.25, -0.2) is 0 Å². The minimum absolute atomic E-state index is 0.0131. The van der Waals surface area contributed by atoms with Gasteiger partial charge < -0.3 is 20.1 Å². The third kappa shape index (κ3) is 4.06. The quantitative estimate of drug-likeness (QED) is 0.800. The minimum atomic E-state index is -0.544. The fraction of sp³-hybridized carbons (Fsp3) is 0.476. The van der Waals surface area contributed by atoms with Crippen molar-refractivity contribution >= 4 is 11.8 Å². The number of H-pyrrole nitrogens is 1. The van der Waals surface area contributed by atoms with Gasteiger partial charge in [0.15, 0.2) is 18.1 Å². The number of nitrogens with zero attached hydrogens (tertiary/aromatic N) is 2. The zero-order chi connectivity index (χ0) is 20.6. The summed E-state index contributed by atoms with van der Waals surface area (Å²) in [6, 6.07) is 7.50. The van der Waals surface area contributed by atoms with Crippen LogP contribution in [0, 0.1) is 0 Å². The Kier molecular flexibility index (Phi) is 4.94.